The summed E-state index contributed by atoms with van der Waals surface area (Å²) in [5.41, 5.74) is -2.65. The zero-order chi connectivity index (χ0) is 10.6. The second kappa shape index (κ2) is 6.40. The summed E-state index contributed by atoms with van der Waals surface area (Å²) in [7, 11) is 0. The van der Waals surface area contributed by atoms with Crippen molar-refractivity contribution in [2.75, 3.05) is 0 Å². The van der Waals surface area contributed by atoms with E-state index in [2.05, 4.69) is 0 Å². The molecule has 0 aromatic heterocycles. The van der Waals surface area contributed by atoms with Crippen molar-refractivity contribution in [2.45, 2.75) is 32.3 Å². The molecule has 6 heteroatoms. The van der Waals surface area contributed by atoms with Gasteiger partial charge in [-0.2, -0.15) is 0 Å². The van der Waals surface area contributed by atoms with E-state index in [9.17, 15) is 14.7 Å². The van der Waals surface area contributed by atoms with E-state index in [0.717, 1.165) is 0 Å². The topological polar surface area (TPSA) is 94.8 Å². The number of aliphatic hydroxyl groups is 1. The van der Waals surface area contributed by atoms with Gasteiger partial charge in [0.1, 0.15) is 0 Å². The summed E-state index contributed by atoms with van der Waals surface area (Å²) in [4.78, 5) is 21.2. The summed E-state index contributed by atoms with van der Waals surface area (Å²) in [5.74, 6) is -4.16. The molecule has 0 spiro atoms. The van der Waals surface area contributed by atoms with E-state index in [-0.39, 0.29) is 29.6 Å². The average molecular weight is 214 g/mol. The molecule has 0 aromatic carbocycles. The fourth-order valence-electron chi connectivity index (χ4n) is 1.32. The fourth-order valence-corrected chi connectivity index (χ4v) is 1.32. The van der Waals surface area contributed by atoms with Crippen molar-refractivity contribution >= 4 is 41.5 Å². The van der Waals surface area contributed by atoms with Crippen LogP contribution in [0.15, 0.2) is 0 Å². The van der Waals surface area contributed by atoms with E-state index < -0.39 is 23.5 Å². The number of aliphatic carboxylic acids is 2. The van der Waals surface area contributed by atoms with Crippen molar-refractivity contribution in [3.63, 3.8) is 0 Å². The zero-order valence-electron chi connectivity index (χ0n) is 7.65. The van der Waals surface area contributed by atoms with Crippen molar-refractivity contribution in [3.8, 4) is 0 Å². The molecule has 0 heterocycles. The molecule has 0 aliphatic rings. The Morgan fingerprint density at radius 3 is 1.50 bits per heavy atom. The number of carbonyl (C=O) groups is 2. The average Bonchev–Trinajstić information content (AvgIpc) is 2.05. The summed E-state index contributed by atoms with van der Waals surface area (Å²) in [6.07, 6.45) is 0.622. The molecule has 0 bridgehead atoms. The van der Waals surface area contributed by atoms with Gasteiger partial charge in [0.05, 0.1) is 0 Å². The van der Waals surface area contributed by atoms with Crippen LogP contribution in [0.2, 0.25) is 0 Å². The van der Waals surface area contributed by atoms with Crippen LogP contribution >= 0.6 is 0 Å². The molecular formula is C8H15NaO5. The second-order valence-electron chi connectivity index (χ2n) is 2.89. The van der Waals surface area contributed by atoms with Gasteiger partial charge in [-0.1, -0.05) is 13.8 Å². The summed E-state index contributed by atoms with van der Waals surface area (Å²) in [5, 5.41) is 26.6. The molecule has 5 nitrogen and oxygen atoms in total. The quantitative estimate of drug-likeness (QED) is 0.430. The summed E-state index contributed by atoms with van der Waals surface area (Å²) in [6, 6.07) is 0. The molecule has 0 saturated heterocycles. The third-order valence-electron chi connectivity index (χ3n) is 2.23. The van der Waals surface area contributed by atoms with Gasteiger partial charge in [-0.3, -0.25) is 0 Å². The first-order valence-electron chi connectivity index (χ1n) is 4.10. The Kier molecular flexibility index (Phi) is 7.46. The third-order valence-corrected chi connectivity index (χ3v) is 2.23. The van der Waals surface area contributed by atoms with E-state index in [0.29, 0.717) is 12.8 Å². The fraction of sp³-hybridized carbons (Fsp3) is 0.750. The molecule has 0 aliphatic carbocycles. The number of hydrogen-bond donors (Lipinski definition) is 3. The van der Waals surface area contributed by atoms with Crippen molar-refractivity contribution in [2.24, 2.45) is 5.92 Å². The van der Waals surface area contributed by atoms with Crippen LogP contribution in [-0.2, 0) is 9.59 Å². The number of carboxylic acids is 2. The van der Waals surface area contributed by atoms with Crippen LogP contribution in [0.3, 0.4) is 0 Å². The standard InChI is InChI=1S/C8H14O5.Na.H/c1-3-5(4-2)8(13,6(9)10)7(11)12;;/h5,13H,3-4H2,1-2H3,(H,9,10)(H,11,12);;. The Labute approximate surface area is 104 Å². The number of hydrogen-bond acceptors (Lipinski definition) is 3. The van der Waals surface area contributed by atoms with Gasteiger partial charge in [0.25, 0.3) is 5.60 Å². The molecular weight excluding hydrogens is 199 g/mol. The first-order chi connectivity index (χ1) is 5.91. The Balaban J connectivity index is 0. The molecule has 0 fully saturated rings. The van der Waals surface area contributed by atoms with Crippen molar-refractivity contribution in [3.05, 3.63) is 0 Å². The molecule has 0 unspecified atom stereocenters. The predicted octanol–water partition coefficient (Wildman–Crippen LogP) is -0.326. The van der Waals surface area contributed by atoms with Crippen LogP contribution in [-0.4, -0.2) is 62.4 Å². The minimum atomic E-state index is -2.65. The molecule has 0 amide bonds. The van der Waals surface area contributed by atoms with Gasteiger partial charge < -0.3 is 15.3 Å². The van der Waals surface area contributed by atoms with E-state index in [1.165, 1.54) is 0 Å². The Bertz CT molecular complexity index is 198. The molecule has 0 saturated carbocycles. The zero-order valence-corrected chi connectivity index (χ0v) is 7.65. The summed E-state index contributed by atoms with van der Waals surface area (Å²) >= 11 is 0. The van der Waals surface area contributed by atoms with Crippen LogP contribution in [0, 0.1) is 5.92 Å². The summed E-state index contributed by atoms with van der Waals surface area (Å²) < 4.78 is 0. The maximum absolute atomic E-state index is 10.6. The van der Waals surface area contributed by atoms with Crippen molar-refractivity contribution in [1.82, 2.24) is 0 Å². The van der Waals surface area contributed by atoms with Crippen molar-refractivity contribution < 1.29 is 24.9 Å². The Morgan fingerprint density at radius 1 is 1.14 bits per heavy atom. The van der Waals surface area contributed by atoms with Gasteiger partial charge in [-0.15, -0.1) is 0 Å². The maximum atomic E-state index is 10.6. The predicted molar refractivity (Wildman–Crippen MR) is 51.4 cm³/mol. The van der Waals surface area contributed by atoms with E-state index in [1.54, 1.807) is 13.8 Å². The second-order valence-corrected chi connectivity index (χ2v) is 2.89. The SMILES string of the molecule is CCC(CC)C(O)(C(=O)O)C(=O)O.[NaH]. The van der Waals surface area contributed by atoms with Gasteiger partial charge in [-0.05, 0) is 12.8 Å². The molecule has 0 radical (unpaired) electrons. The monoisotopic (exact) mass is 214 g/mol. The van der Waals surface area contributed by atoms with Crippen LogP contribution < -0.4 is 0 Å². The molecule has 78 valence electrons. The minimum absolute atomic E-state index is 0. The Morgan fingerprint density at radius 2 is 1.43 bits per heavy atom. The molecule has 3 N–H and O–H groups in total. The normalized spacial score (nSPS) is 10.9. The van der Waals surface area contributed by atoms with E-state index in [4.69, 9.17) is 10.2 Å². The molecule has 14 heavy (non-hydrogen) atoms. The summed E-state index contributed by atoms with van der Waals surface area (Å²) in [6.45, 7) is 3.29. The van der Waals surface area contributed by atoms with Gasteiger partial charge in [0.2, 0.25) is 0 Å². The van der Waals surface area contributed by atoms with Gasteiger partial charge in [0.15, 0.2) is 0 Å². The van der Waals surface area contributed by atoms with Gasteiger partial charge in [0, 0.05) is 5.92 Å². The molecule has 0 aromatic rings. The first-order valence-corrected chi connectivity index (χ1v) is 4.10. The third kappa shape index (κ3) is 2.95. The van der Waals surface area contributed by atoms with Crippen LogP contribution in [0.5, 0.6) is 0 Å². The van der Waals surface area contributed by atoms with E-state index >= 15 is 0 Å². The molecule has 0 rings (SSSR count). The number of carboxylic acid groups (broad SMARTS) is 2. The van der Waals surface area contributed by atoms with Crippen LogP contribution in [0.4, 0.5) is 0 Å². The first kappa shape index (κ1) is 16.3. The van der Waals surface area contributed by atoms with Crippen LogP contribution in [0.25, 0.3) is 0 Å². The Hall–Kier alpha value is -0.100. The van der Waals surface area contributed by atoms with Gasteiger partial charge in [-0.25, -0.2) is 9.59 Å². The van der Waals surface area contributed by atoms with Gasteiger partial charge >= 0.3 is 41.5 Å². The molecule has 0 atom stereocenters. The number of rotatable bonds is 5. The van der Waals surface area contributed by atoms with Crippen LogP contribution in [0.1, 0.15) is 26.7 Å². The molecule has 0 aliphatic heterocycles. The van der Waals surface area contributed by atoms with E-state index in [1.807, 2.05) is 0 Å². The van der Waals surface area contributed by atoms with Crippen molar-refractivity contribution in [1.29, 1.82) is 0 Å².